The Morgan fingerprint density at radius 1 is 1.64 bits per heavy atom. The molecule has 0 aromatic rings. The minimum absolute atomic E-state index is 0. The molecule has 0 spiro atoms. The van der Waals surface area contributed by atoms with Crippen molar-refractivity contribution in [3.63, 3.8) is 0 Å². The molecule has 0 heterocycles. The second-order valence-corrected chi connectivity index (χ2v) is 2.45. The van der Waals surface area contributed by atoms with Gasteiger partial charge in [-0.15, -0.1) is 12.4 Å². The molecule has 1 atom stereocenters. The highest BCUT2D eigenvalue weighted by Crippen LogP contribution is 1.80. The molecule has 4 nitrogen and oxygen atoms in total. The molecule has 68 valence electrons. The van der Waals surface area contributed by atoms with Gasteiger partial charge in [0.1, 0.15) is 6.04 Å². The van der Waals surface area contributed by atoms with Crippen molar-refractivity contribution in [1.82, 2.24) is 5.32 Å². The minimum atomic E-state index is -0.789. The first-order valence-corrected chi connectivity index (χ1v) is 3.24. The van der Waals surface area contributed by atoms with Gasteiger partial charge in [-0.3, -0.25) is 4.79 Å². The predicted molar refractivity (Wildman–Crippen MR) is 45.6 cm³/mol. The van der Waals surface area contributed by atoms with Crippen LogP contribution in [0.15, 0.2) is 0 Å². The van der Waals surface area contributed by atoms with Crippen LogP contribution >= 0.6 is 12.4 Å². The molecule has 11 heavy (non-hydrogen) atoms. The summed E-state index contributed by atoms with van der Waals surface area (Å²) in [4.78, 5) is 10.8. The van der Waals surface area contributed by atoms with Crippen molar-refractivity contribution < 1.29 is 9.90 Å². The largest absolute Gasteiger partial charge is 0.394 e. The van der Waals surface area contributed by atoms with Gasteiger partial charge in [-0.2, -0.15) is 0 Å². The van der Waals surface area contributed by atoms with Crippen LogP contribution in [-0.2, 0) is 4.79 Å². The van der Waals surface area contributed by atoms with Crippen LogP contribution in [0.2, 0.25) is 0 Å². The topological polar surface area (TPSA) is 75.4 Å². The summed E-state index contributed by atoms with van der Waals surface area (Å²) in [5.41, 5.74) is 5.20. The molecule has 5 heteroatoms. The van der Waals surface area contributed by atoms with Gasteiger partial charge in [0.2, 0.25) is 5.91 Å². The van der Waals surface area contributed by atoms with Gasteiger partial charge in [0.05, 0.1) is 6.61 Å². The maximum Gasteiger partial charge on any atom is 0.239 e. The van der Waals surface area contributed by atoms with Gasteiger partial charge in [0.15, 0.2) is 0 Å². The fourth-order valence-corrected chi connectivity index (χ4v) is 0.474. The number of halogens is 1. The van der Waals surface area contributed by atoms with E-state index in [2.05, 4.69) is 5.32 Å². The normalized spacial score (nSPS) is 12.1. The number of amides is 1. The number of carbonyl (C=O) groups is 1. The molecule has 0 saturated heterocycles. The molecule has 0 aliphatic rings. The Morgan fingerprint density at radius 3 is 2.36 bits per heavy atom. The number of hydrogen-bond donors (Lipinski definition) is 3. The molecule has 0 aromatic heterocycles. The second kappa shape index (κ2) is 6.39. The van der Waals surface area contributed by atoms with Crippen LogP contribution in [0, 0.1) is 0 Å². The Hall–Kier alpha value is -0.320. The number of aliphatic hydroxyl groups excluding tert-OH is 1. The molecule has 0 unspecified atom stereocenters. The van der Waals surface area contributed by atoms with Gasteiger partial charge >= 0.3 is 0 Å². The van der Waals surface area contributed by atoms with E-state index in [1.807, 2.05) is 13.8 Å². The van der Waals surface area contributed by atoms with Crippen LogP contribution in [-0.4, -0.2) is 29.7 Å². The van der Waals surface area contributed by atoms with Gasteiger partial charge in [-0.25, -0.2) is 0 Å². The third kappa shape index (κ3) is 6.09. The number of nitrogens with two attached hydrogens (primary N) is 1. The highest BCUT2D eigenvalue weighted by atomic mass is 35.5. The molecule has 0 fully saturated rings. The molecule has 4 N–H and O–H groups in total. The van der Waals surface area contributed by atoms with E-state index < -0.39 is 6.04 Å². The van der Waals surface area contributed by atoms with Crippen molar-refractivity contribution in [3.8, 4) is 0 Å². The van der Waals surface area contributed by atoms with Gasteiger partial charge in [-0.05, 0) is 13.8 Å². The molecule has 0 aromatic carbocycles. The van der Waals surface area contributed by atoms with Gasteiger partial charge in [0, 0.05) is 6.04 Å². The molecule has 0 saturated carbocycles. The summed E-state index contributed by atoms with van der Waals surface area (Å²) in [7, 11) is 0. The summed E-state index contributed by atoms with van der Waals surface area (Å²) in [5.74, 6) is -0.308. The summed E-state index contributed by atoms with van der Waals surface area (Å²) in [6.07, 6.45) is 0. The predicted octanol–water partition coefficient (Wildman–Crippen LogP) is -0.748. The maximum absolute atomic E-state index is 10.8. The lowest BCUT2D eigenvalue weighted by molar-refractivity contribution is -0.123. The molecular formula is C6H15ClN2O2. The molecule has 0 aliphatic carbocycles. The summed E-state index contributed by atoms with van der Waals surface area (Å²) >= 11 is 0. The minimum Gasteiger partial charge on any atom is -0.394 e. The molecule has 1 amide bonds. The Balaban J connectivity index is 0. The van der Waals surface area contributed by atoms with Crippen molar-refractivity contribution in [1.29, 1.82) is 0 Å². The number of rotatable bonds is 3. The van der Waals surface area contributed by atoms with E-state index in [0.29, 0.717) is 0 Å². The monoisotopic (exact) mass is 182 g/mol. The molecule has 0 radical (unpaired) electrons. The van der Waals surface area contributed by atoms with Crippen LogP contribution in [0.4, 0.5) is 0 Å². The second-order valence-electron chi connectivity index (χ2n) is 2.45. The van der Waals surface area contributed by atoms with Crippen LogP contribution in [0.5, 0.6) is 0 Å². The third-order valence-electron chi connectivity index (χ3n) is 0.964. The highest BCUT2D eigenvalue weighted by Gasteiger charge is 2.11. The van der Waals surface area contributed by atoms with E-state index in [9.17, 15) is 4.79 Å². The first-order chi connectivity index (χ1) is 4.57. The third-order valence-corrected chi connectivity index (χ3v) is 0.964. The Kier molecular flexibility index (Phi) is 7.72. The van der Waals surface area contributed by atoms with Crippen molar-refractivity contribution in [2.24, 2.45) is 5.73 Å². The first kappa shape index (κ1) is 13.3. The number of carbonyl (C=O) groups excluding carboxylic acids is 1. The van der Waals surface area contributed by atoms with Crippen LogP contribution < -0.4 is 11.1 Å². The summed E-state index contributed by atoms with van der Waals surface area (Å²) < 4.78 is 0. The van der Waals surface area contributed by atoms with Crippen LogP contribution in [0.3, 0.4) is 0 Å². The zero-order valence-corrected chi connectivity index (χ0v) is 7.52. The van der Waals surface area contributed by atoms with Crippen LogP contribution in [0.25, 0.3) is 0 Å². The summed E-state index contributed by atoms with van der Waals surface area (Å²) in [6, 6.07) is -0.715. The molecule has 0 aliphatic heterocycles. The highest BCUT2D eigenvalue weighted by molar-refractivity contribution is 5.85. The van der Waals surface area contributed by atoms with E-state index in [1.165, 1.54) is 0 Å². The average molecular weight is 183 g/mol. The van der Waals surface area contributed by atoms with E-state index >= 15 is 0 Å². The lowest BCUT2D eigenvalue weighted by Crippen LogP contribution is -2.45. The van der Waals surface area contributed by atoms with Crippen LogP contribution in [0.1, 0.15) is 13.8 Å². The Morgan fingerprint density at radius 2 is 2.09 bits per heavy atom. The summed E-state index contributed by atoms with van der Waals surface area (Å²) in [5, 5.41) is 11.0. The zero-order chi connectivity index (χ0) is 8.15. The van der Waals surface area contributed by atoms with Crippen molar-refractivity contribution in [2.75, 3.05) is 6.61 Å². The fourth-order valence-electron chi connectivity index (χ4n) is 0.474. The number of hydrogen-bond acceptors (Lipinski definition) is 3. The Labute approximate surface area is 72.6 Å². The van der Waals surface area contributed by atoms with E-state index in [-0.39, 0.29) is 31.0 Å². The number of aliphatic hydroxyl groups is 1. The quantitative estimate of drug-likeness (QED) is 0.538. The first-order valence-electron chi connectivity index (χ1n) is 3.24. The van der Waals surface area contributed by atoms with Crippen molar-refractivity contribution in [3.05, 3.63) is 0 Å². The fraction of sp³-hybridized carbons (Fsp3) is 0.833. The van der Waals surface area contributed by atoms with Gasteiger partial charge < -0.3 is 16.2 Å². The van der Waals surface area contributed by atoms with Gasteiger partial charge in [0.25, 0.3) is 0 Å². The molecular weight excluding hydrogens is 168 g/mol. The van der Waals surface area contributed by atoms with Gasteiger partial charge in [-0.1, -0.05) is 0 Å². The SMILES string of the molecule is CC(C)NC(=O)[C@@H](N)CO.Cl. The van der Waals surface area contributed by atoms with Crippen molar-refractivity contribution in [2.45, 2.75) is 25.9 Å². The average Bonchev–Trinajstić information content (AvgIpc) is 1.85. The Bertz CT molecular complexity index is 119. The molecule has 0 rings (SSSR count). The summed E-state index contributed by atoms with van der Waals surface area (Å²) in [6.45, 7) is 3.36. The van der Waals surface area contributed by atoms with Crippen molar-refractivity contribution >= 4 is 18.3 Å². The van der Waals surface area contributed by atoms with E-state index in [1.54, 1.807) is 0 Å². The van der Waals surface area contributed by atoms with E-state index in [4.69, 9.17) is 10.8 Å². The lowest BCUT2D eigenvalue weighted by Gasteiger charge is -2.11. The van der Waals surface area contributed by atoms with E-state index in [0.717, 1.165) is 0 Å². The lowest BCUT2D eigenvalue weighted by atomic mass is 10.3. The zero-order valence-electron chi connectivity index (χ0n) is 6.70. The molecule has 0 bridgehead atoms. The number of nitrogens with one attached hydrogen (secondary N) is 1. The maximum atomic E-state index is 10.8. The standard InChI is InChI=1S/C6H14N2O2.ClH/c1-4(2)8-6(10)5(7)3-9;/h4-5,9H,3,7H2,1-2H3,(H,8,10);1H/t5-;/m0./s1. The smallest absolute Gasteiger partial charge is 0.239 e.